The molecule has 1 atom stereocenters. The van der Waals surface area contributed by atoms with E-state index < -0.39 is 6.10 Å². The van der Waals surface area contributed by atoms with Crippen LogP contribution in [0.4, 0.5) is 5.69 Å². The van der Waals surface area contributed by atoms with Crippen molar-refractivity contribution in [1.82, 2.24) is 4.57 Å². The number of methoxy groups -OCH3 is 1. The van der Waals surface area contributed by atoms with E-state index in [1.54, 1.807) is 29.9 Å². The number of aliphatic hydroxyl groups excluding tert-OH is 1. The molecule has 0 fully saturated rings. The van der Waals surface area contributed by atoms with E-state index in [2.05, 4.69) is 157 Å². The fourth-order valence-electron chi connectivity index (χ4n) is 3.93. The Hall–Kier alpha value is 0.620. The van der Waals surface area contributed by atoms with Crippen molar-refractivity contribution in [2.75, 3.05) is 19.0 Å². The first kappa shape index (κ1) is 31.6. The van der Waals surface area contributed by atoms with Crippen molar-refractivity contribution in [1.29, 1.82) is 0 Å². The Labute approximate surface area is 285 Å². The van der Waals surface area contributed by atoms with Crippen molar-refractivity contribution in [3.8, 4) is 28.1 Å². The molecule has 0 bridgehead atoms. The summed E-state index contributed by atoms with van der Waals surface area (Å²) in [6.07, 6.45) is -0.593. The van der Waals surface area contributed by atoms with Gasteiger partial charge in [0.25, 0.3) is 0 Å². The normalized spacial score (nSPS) is 11.8. The van der Waals surface area contributed by atoms with Crippen molar-refractivity contribution in [3.05, 3.63) is 71.8 Å². The molecule has 0 saturated heterocycles. The number of fused-ring (bicyclic) bond motifs is 3. The van der Waals surface area contributed by atoms with Gasteiger partial charge in [0.2, 0.25) is 0 Å². The second-order valence-electron chi connectivity index (χ2n) is 7.88. The van der Waals surface area contributed by atoms with Gasteiger partial charge in [-0.15, -0.1) is 0 Å². The van der Waals surface area contributed by atoms with Gasteiger partial charge in [-0.3, -0.25) is 0 Å². The van der Waals surface area contributed by atoms with Crippen LogP contribution in [-0.4, -0.2) is 29.4 Å². The maximum atomic E-state index is 11.0. The molecule has 2 N–H and O–H groups in total. The summed E-state index contributed by atoms with van der Waals surface area (Å²) >= 11 is 13.0. The molecule has 0 aliphatic carbocycles. The fourth-order valence-corrected chi connectivity index (χ4v) is 8.63. The molecular weight excluding hydrogens is 1010 g/mol. The van der Waals surface area contributed by atoms with Gasteiger partial charge >= 0.3 is 0 Å². The number of nitrogens with one attached hydrogen (secondary N) is 1. The van der Waals surface area contributed by atoms with Gasteiger partial charge in [0.1, 0.15) is 5.75 Å². The Morgan fingerprint density at radius 3 is 2.00 bits per heavy atom. The minimum Gasteiger partial charge on any atom is -0.497 e. The highest BCUT2D eigenvalue weighted by molar-refractivity contribution is 14.3. The van der Waals surface area contributed by atoms with Gasteiger partial charge in [0.15, 0.2) is 0 Å². The summed E-state index contributed by atoms with van der Waals surface area (Å²) in [4.78, 5) is 0. The summed E-state index contributed by atoms with van der Waals surface area (Å²) in [6, 6.07) is 20.4. The summed E-state index contributed by atoms with van der Waals surface area (Å²) in [5.74, 6) is 7.38. The van der Waals surface area contributed by atoms with Crippen molar-refractivity contribution < 1.29 is 9.84 Å². The Kier molecular flexibility index (Phi) is 13.1. The van der Waals surface area contributed by atoms with Crippen LogP contribution >= 0.6 is 116 Å². The van der Waals surface area contributed by atoms with Crippen molar-refractivity contribution in [3.63, 3.8) is 0 Å². The molecule has 12 heteroatoms. The van der Waals surface area contributed by atoms with E-state index in [-0.39, 0.29) is 4.82 Å². The van der Waals surface area contributed by atoms with Gasteiger partial charge in [-0.25, -0.2) is 0 Å². The number of nitrogens with zero attached hydrogens (tertiary/aromatic N) is 1. The van der Waals surface area contributed by atoms with Crippen LogP contribution in [0.5, 0.6) is 5.75 Å². The molecule has 0 aliphatic heterocycles. The van der Waals surface area contributed by atoms with E-state index >= 15 is 0 Å². The molecule has 4 rings (SSSR count). The highest BCUT2D eigenvalue weighted by Crippen LogP contribution is 2.64. The first-order valence-electron chi connectivity index (χ1n) is 11.1. The summed E-state index contributed by atoms with van der Waals surface area (Å²) in [7, 11) is 1.65. The van der Waals surface area contributed by atoms with E-state index in [0.717, 1.165) is 44.4 Å². The maximum absolute atomic E-state index is 11.0. The molecule has 0 spiro atoms. The topological polar surface area (TPSA) is 46.4 Å². The highest BCUT2D eigenvalue weighted by atomic mass is 127. The molecule has 0 saturated carbocycles. The lowest BCUT2D eigenvalue weighted by Crippen LogP contribution is -2.24. The highest BCUT2D eigenvalue weighted by Gasteiger charge is 2.15. The lowest BCUT2D eigenvalue weighted by Gasteiger charge is -2.16. The fraction of sp³-hybridized carbons (Fsp3) is 0.154. The Balaban J connectivity index is 1.67. The zero-order valence-corrected chi connectivity index (χ0v) is 31.8. The van der Waals surface area contributed by atoms with Gasteiger partial charge < -0.3 is 19.7 Å². The lowest BCUT2D eigenvalue weighted by atomic mass is 10.1. The average Bonchev–Trinajstić information content (AvgIpc) is 3.19. The van der Waals surface area contributed by atoms with Crippen molar-refractivity contribution >= 4 is 143 Å². The number of hydrogen-bond donors (Lipinski definition) is 2. The smallest absolute Gasteiger partial charge is 0.120 e. The van der Waals surface area contributed by atoms with Gasteiger partial charge in [-0.2, -0.15) is 0 Å². The molecule has 0 amide bonds. The van der Waals surface area contributed by atoms with Gasteiger partial charge in [0.05, 0.1) is 24.6 Å². The molecule has 1 heterocycles. The Morgan fingerprint density at radius 1 is 0.895 bits per heavy atom. The largest absolute Gasteiger partial charge is 0.497 e. The molecule has 4 aromatic rings. The zero-order chi connectivity index (χ0) is 27.1. The van der Waals surface area contributed by atoms with E-state index in [9.17, 15) is 5.11 Å². The standard InChI is InChI=1S/C26H20I4N2O2P2S2/c1-34-22-4-2-3-20(15-22)31-16-21(33)17-32-25-7-5-18(9-11-37-35(27)28)13-23(25)24-14-19(6-8-26(24)32)10-12-38-36(29)30/h2-8,13-15,21,31,33H,16-17H2,1H3. The molecule has 38 heavy (non-hydrogen) atoms. The number of ether oxygens (including phenoxy) is 1. The molecular formula is C26H20I4N2O2P2S2. The van der Waals surface area contributed by atoms with Gasteiger partial charge in [-0.05, 0) is 170 Å². The Bertz CT molecular complexity index is 1480. The summed E-state index contributed by atoms with van der Waals surface area (Å²) < 4.78 is 7.14. The molecule has 3 aromatic carbocycles. The second kappa shape index (κ2) is 15.7. The van der Waals surface area contributed by atoms with Crippen LogP contribution in [0.15, 0.2) is 60.7 Å². The third-order valence-corrected chi connectivity index (χ3v) is 14.6. The maximum Gasteiger partial charge on any atom is 0.120 e. The van der Waals surface area contributed by atoms with Crippen LogP contribution < -0.4 is 10.1 Å². The zero-order valence-electron chi connectivity index (χ0n) is 19.8. The summed E-state index contributed by atoms with van der Waals surface area (Å²) in [6.45, 7) is 0.877. The minimum atomic E-state index is -0.593. The van der Waals surface area contributed by atoms with E-state index in [0.29, 0.717) is 13.1 Å². The Morgan fingerprint density at radius 2 is 1.47 bits per heavy atom. The first-order chi connectivity index (χ1) is 18.3. The number of rotatable bonds is 8. The van der Waals surface area contributed by atoms with Gasteiger partial charge in [-0.1, -0.05) is 17.9 Å². The third-order valence-electron chi connectivity index (χ3n) is 5.49. The first-order valence-corrected chi connectivity index (χ1v) is 27.7. The molecule has 0 aliphatic rings. The number of aromatic nitrogens is 1. The molecule has 4 nitrogen and oxygen atoms in total. The van der Waals surface area contributed by atoms with Crippen molar-refractivity contribution in [2.45, 2.75) is 12.6 Å². The SMILES string of the molecule is COc1cccc(NCC(O)Cn2c3ccc(C#CSP(I)I)cc3c3cc(C#CSP(I)I)ccc32)c1. The summed E-state index contributed by atoms with van der Waals surface area (Å²) in [5.41, 5.74) is 5.04. The van der Waals surface area contributed by atoms with Crippen molar-refractivity contribution in [2.24, 2.45) is 0 Å². The quantitative estimate of drug-likeness (QED) is 0.105. The average molecular weight is 1030 g/mol. The predicted octanol–water partition coefficient (Wildman–Crippen LogP) is 10.6. The van der Waals surface area contributed by atoms with Crippen LogP contribution in [0, 0.1) is 22.3 Å². The lowest BCUT2D eigenvalue weighted by molar-refractivity contribution is 0.169. The van der Waals surface area contributed by atoms with Crippen LogP contribution in [0.3, 0.4) is 0 Å². The number of halogens is 4. The summed E-state index contributed by atoms with van der Waals surface area (Å²) in [5, 5.41) is 23.1. The van der Waals surface area contributed by atoms with Crippen LogP contribution in [-0.2, 0) is 6.54 Å². The molecule has 1 aromatic heterocycles. The van der Waals surface area contributed by atoms with Crippen LogP contribution in [0.1, 0.15) is 11.1 Å². The number of anilines is 1. The minimum absolute atomic E-state index is 0.183. The second-order valence-corrected chi connectivity index (χ2v) is 43.3. The number of hydrogen-bond acceptors (Lipinski definition) is 5. The molecule has 0 radical (unpaired) electrons. The van der Waals surface area contributed by atoms with E-state index in [4.69, 9.17) is 4.74 Å². The van der Waals surface area contributed by atoms with Gasteiger partial charge in [0, 0.05) is 51.2 Å². The number of aliphatic hydroxyl groups is 1. The van der Waals surface area contributed by atoms with E-state index in [1.165, 1.54) is 0 Å². The van der Waals surface area contributed by atoms with Crippen LogP contribution in [0.2, 0.25) is 0 Å². The number of benzene rings is 3. The molecule has 196 valence electrons. The monoisotopic (exact) mass is 1030 g/mol. The van der Waals surface area contributed by atoms with E-state index in [1.807, 2.05) is 24.3 Å². The predicted molar refractivity (Wildman–Crippen MR) is 206 cm³/mol. The molecule has 1 unspecified atom stereocenters. The van der Waals surface area contributed by atoms with Crippen LogP contribution in [0.25, 0.3) is 21.8 Å². The third kappa shape index (κ3) is 9.06.